The molecule has 312 valence electrons. The van der Waals surface area contributed by atoms with E-state index < -0.39 is 14.1 Å². The molecule has 5 aromatic rings. The molecule has 0 bridgehead atoms. The molecular weight excluding hydrogens is 722 g/mol. The van der Waals surface area contributed by atoms with Gasteiger partial charge in [0.05, 0.1) is 28.8 Å². The number of rotatable bonds is 9. The van der Waals surface area contributed by atoms with Crippen molar-refractivity contribution in [2.45, 2.75) is 149 Å². The van der Waals surface area contributed by atoms with Crippen LogP contribution in [0.1, 0.15) is 122 Å². The first-order valence-electron chi connectivity index (χ1n) is 21.7. The van der Waals surface area contributed by atoms with Crippen LogP contribution in [0.4, 0.5) is 0 Å². The molecule has 0 aliphatic rings. The van der Waals surface area contributed by atoms with E-state index in [1.165, 1.54) is 93.9 Å². The Labute approximate surface area is 356 Å². The zero-order valence-electron chi connectivity index (χ0n) is 40.2. The quantitative estimate of drug-likeness (QED) is 0.109. The summed E-state index contributed by atoms with van der Waals surface area (Å²) in [6.07, 6.45) is -1.48. The van der Waals surface area contributed by atoms with Crippen LogP contribution in [-0.4, -0.2) is 29.7 Å². The topological polar surface area (TPSA) is 18.5 Å². The summed E-state index contributed by atoms with van der Waals surface area (Å²) in [4.78, 5) is 0. The van der Waals surface area contributed by atoms with Gasteiger partial charge in [0, 0.05) is 26.1 Å². The molecule has 0 aliphatic carbocycles. The zero-order valence-corrected chi connectivity index (χ0v) is 41.2. The molecule has 0 unspecified atom stereocenters. The van der Waals surface area contributed by atoms with Crippen LogP contribution in [0.15, 0.2) is 66.7 Å². The Morgan fingerprint density at radius 2 is 0.603 bits per heavy atom. The molecule has 0 saturated carbocycles. The van der Waals surface area contributed by atoms with Crippen molar-refractivity contribution in [1.82, 2.24) is 0 Å². The lowest BCUT2D eigenvalue weighted by Crippen LogP contribution is -2.78. The van der Waals surface area contributed by atoms with Gasteiger partial charge in [-0.05, 0) is 138 Å². The number of hydrogen-bond acceptors (Lipinski definition) is 2. The molecule has 0 aliphatic heterocycles. The van der Waals surface area contributed by atoms with Gasteiger partial charge in [0.15, 0.2) is 0 Å². The average molecular weight is 799 g/mol. The van der Waals surface area contributed by atoms with Crippen LogP contribution in [0.25, 0.3) is 0 Å². The molecule has 58 heavy (non-hydrogen) atoms. The number of ether oxygens (including phenoxy) is 2. The molecule has 0 saturated heterocycles. The zero-order chi connectivity index (χ0) is 43.7. The summed E-state index contributed by atoms with van der Waals surface area (Å²) in [5, 5.41) is 1.95. The van der Waals surface area contributed by atoms with Crippen molar-refractivity contribution in [3.05, 3.63) is 133 Å². The molecule has 0 heterocycles. The normalized spacial score (nSPS) is 12.1. The summed E-state index contributed by atoms with van der Waals surface area (Å²) >= 11 is 0. The van der Waals surface area contributed by atoms with Crippen molar-refractivity contribution in [1.29, 1.82) is 0 Å². The number of benzene rings is 5. The van der Waals surface area contributed by atoms with Gasteiger partial charge < -0.3 is 9.47 Å². The maximum absolute atomic E-state index is 5.75. The van der Waals surface area contributed by atoms with Crippen LogP contribution in [0.5, 0.6) is 11.5 Å². The van der Waals surface area contributed by atoms with E-state index in [4.69, 9.17) is 9.47 Å². The molecule has 0 radical (unpaired) electrons. The van der Waals surface area contributed by atoms with E-state index in [1.54, 1.807) is 0 Å². The third-order valence-electron chi connectivity index (χ3n) is 12.0. The van der Waals surface area contributed by atoms with Crippen LogP contribution in [0, 0.1) is 83.1 Å². The second kappa shape index (κ2) is 18.2. The Kier molecular flexibility index (Phi) is 14.7. The van der Waals surface area contributed by atoms with Crippen LogP contribution < -0.4 is 36.6 Å². The maximum Gasteiger partial charge on any atom is 0.126 e. The lowest BCUT2D eigenvalue weighted by atomic mass is 9.10. The third-order valence-corrected chi connectivity index (χ3v) is 15.8. The fraction of sp³-hybridized carbons (Fsp3) is 0.444. The lowest BCUT2D eigenvalue weighted by molar-refractivity contribution is 0.323. The third kappa shape index (κ3) is 9.79. The summed E-state index contributed by atoms with van der Waals surface area (Å²) in [6.45, 7) is 47.1. The molecule has 0 atom stereocenters. The summed E-state index contributed by atoms with van der Waals surface area (Å²) in [5.41, 5.74) is 22.4. The molecule has 0 aromatic heterocycles. The van der Waals surface area contributed by atoms with Gasteiger partial charge in [0.1, 0.15) is 17.6 Å². The van der Waals surface area contributed by atoms with E-state index >= 15 is 0 Å². The molecule has 0 N–H and O–H groups in total. The van der Waals surface area contributed by atoms with E-state index in [2.05, 4.69) is 185 Å². The van der Waals surface area contributed by atoms with Crippen molar-refractivity contribution in [2.24, 2.45) is 0 Å². The fourth-order valence-corrected chi connectivity index (χ4v) is 16.1. The van der Waals surface area contributed by atoms with Gasteiger partial charge in [-0.25, -0.2) is 0 Å². The Bertz CT molecular complexity index is 1900. The van der Waals surface area contributed by atoms with Gasteiger partial charge in [-0.3, -0.25) is 0 Å². The largest absolute Gasteiger partial charge is 0.494 e. The predicted molar refractivity (Wildman–Crippen MR) is 263 cm³/mol. The molecule has 0 amide bonds. The van der Waals surface area contributed by atoms with Crippen LogP contribution in [0.3, 0.4) is 0 Å². The summed E-state index contributed by atoms with van der Waals surface area (Å²) in [7, 11) is -0.793. The van der Waals surface area contributed by atoms with Crippen molar-refractivity contribution in [3.8, 4) is 11.5 Å². The SMILES string of the molecule is CCOc1cc(OCC)cc([PH+](C(C)(C)C)C(C)(C)C)c1.Cc1cc(C)c([B-](c2c(C)cc(C)cc2C)(c2c(C)cc(C)cc2C)c2c(C)cc(C)cc2C)c(C)c1. The molecule has 2 nitrogen and oxygen atoms in total. The maximum atomic E-state index is 5.75. The number of aryl methyl sites for hydroxylation is 12. The van der Waals surface area contributed by atoms with Gasteiger partial charge in [0.2, 0.25) is 0 Å². The van der Waals surface area contributed by atoms with Crippen LogP contribution in [0.2, 0.25) is 0 Å². The molecule has 4 heteroatoms. The second-order valence-electron chi connectivity index (χ2n) is 19.5. The summed E-state index contributed by atoms with van der Waals surface area (Å²) in [5.74, 6) is 1.85. The predicted octanol–water partition coefficient (Wildman–Crippen LogP) is 11.7. The van der Waals surface area contributed by atoms with Crippen LogP contribution >= 0.6 is 7.92 Å². The number of hydrogen-bond donors (Lipinski definition) is 0. The fourth-order valence-electron chi connectivity index (χ4n) is 11.6. The monoisotopic (exact) mass is 799 g/mol. The Morgan fingerprint density at radius 3 is 0.793 bits per heavy atom. The minimum Gasteiger partial charge on any atom is -0.494 e. The highest BCUT2D eigenvalue weighted by molar-refractivity contribution is 7.68. The van der Waals surface area contributed by atoms with Crippen molar-refractivity contribution >= 4 is 41.2 Å². The second-order valence-corrected chi connectivity index (χ2v) is 23.9. The molecule has 5 aromatic carbocycles. The van der Waals surface area contributed by atoms with E-state index in [9.17, 15) is 0 Å². The molecule has 0 spiro atoms. The standard InChI is InChI=1S/C36H44B.C18H31O2P/c1-21-13-25(5)33(26(6)14-21)37(34-27(7)15-22(2)16-28(34)8,35-29(9)17-23(3)18-30(35)10)36-31(11)19-24(4)20-32(36)12;1-9-19-14-11-15(20-10-2)13-16(12-14)21(17(3,4)5)18(6,7)8/h13-20H,1-12H3;11-13H,9-10H2,1-8H3/q-1;/p+1. The smallest absolute Gasteiger partial charge is 0.126 e. The summed E-state index contributed by atoms with van der Waals surface area (Å²) in [6, 6.07) is 25.6. The Hall–Kier alpha value is -3.81. The minimum atomic E-state index is -1.48. The first kappa shape index (κ1) is 46.9. The van der Waals surface area contributed by atoms with Crippen molar-refractivity contribution in [3.63, 3.8) is 0 Å². The van der Waals surface area contributed by atoms with Gasteiger partial charge in [-0.2, -0.15) is 21.9 Å². The van der Waals surface area contributed by atoms with Gasteiger partial charge in [-0.15, -0.1) is 0 Å². The first-order valence-corrected chi connectivity index (χ1v) is 23.2. The Balaban J connectivity index is 0.000000302. The lowest BCUT2D eigenvalue weighted by Gasteiger charge is -2.51. The van der Waals surface area contributed by atoms with E-state index in [0.717, 1.165) is 11.5 Å². The van der Waals surface area contributed by atoms with E-state index in [1.807, 2.05) is 19.9 Å². The highest BCUT2D eigenvalue weighted by Crippen LogP contribution is 2.58. The van der Waals surface area contributed by atoms with E-state index in [-0.39, 0.29) is 10.3 Å². The minimum absolute atomic E-state index is 0.275. The highest BCUT2D eigenvalue weighted by Gasteiger charge is 2.44. The molecule has 5 rings (SSSR count). The van der Waals surface area contributed by atoms with Crippen molar-refractivity contribution in [2.75, 3.05) is 13.2 Å². The average Bonchev–Trinajstić information content (AvgIpc) is 3.02. The van der Waals surface area contributed by atoms with Crippen molar-refractivity contribution < 1.29 is 9.47 Å². The summed E-state index contributed by atoms with van der Waals surface area (Å²) < 4.78 is 11.5. The van der Waals surface area contributed by atoms with Crippen LogP contribution in [-0.2, 0) is 0 Å². The van der Waals surface area contributed by atoms with Gasteiger partial charge >= 0.3 is 0 Å². The Morgan fingerprint density at radius 1 is 0.379 bits per heavy atom. The first-order chi connectivity index (χ1) is 26.9. The molecular formula is C54H76BO2P. The van der Waals surface area contributed by atoms with Gasteiger partial charge in [0.25, 0.3) is 0 Å². The molecule has 0 fully saturated rings. The van der Waals surface area contributed by atoms with Gasteiger partial charge in [-0.1, -0.05) is 115 Å². The van der Waals surface area contributed by atoms with E-state index in [0.29, 0.717) is 13.2 Å². The highest BCUT2D eigenvalue weighted by atomic mass is 31.1.